The maximum Gasteiger partial charge on any atom is 0.258 e. The Morgan fingerprint density at radius 2 is 2.00 bits per heavy atom. The lowest BCUT2D eigenvalue weighted by molar-refractivity contribution is -0.123. The zero-order valence-electron chi connectivity index (χ0n) is 12.2. The van der Waals surface area contributed by atoms with Gasteiger partial charge in [0.15, 0.2) is 12.4 Å². The molecule has 1 amide bonds. The number of hydrogen-bond donors (Lipinski definition) is 1. The zero-order chi connectivity index (χ0) is 16.1. The Balaban J connectivity index is 1.84. The van der Waals surface area contributed by atoms with Gasteiger partial charge in [-0.2, -0.15) is 0 Å². The molecule has 0 aliphatic carbocycles. The molecule has 0 unspecified atom stereocenters. The van der Waals surface area contributed by atoms with Gasteiger partial charge in [-0.15, -0.1) is 10.2 Å². The third-order valence-electron chi connectivity index (χ3n) is 2.85. The molecule has 0 aliphatic rings. The topological polar surface area (TPSA) is 69.0 Å². The summed E-state index contributed by atoms with van der Waals surface area (Å²) < 4.78 is 7.24. The number of benzene rings is 1. The average Bonchev–Trinajstić information content (AvgIpc) is 2.90. The number of nitrogens with one attached hydrogen (secondary N) is 1. The molecular weight excluding hydrogens is 327 g/mol. The van der Waals surface area contributed by atoms with E-state index in [1.165, 1.54) is 0 Å². The van der Waals surface area contributed by atoms with Crippen LogP contribution in [-0.4, -0.2) is 27.3 Å². The number of ether oxygens (including phenoxy) is 1. The van der Waals surface area contributed by atoms with Crippen LogP contribution in [0, 0.1) is 0 Å². The maximum absolute atomic E-state index is 11.8. The molecule has 0 saturated heterocycles. The molecule has 1 N–H and O–H groups in total. The number of nitrogens with zero attached hydrogens (tertiary/aromatic N) is 3. The summed E-state index contributed by atoms with van der Waals surface area (Å²) >= 11 is 11.7. The highest BCUT2D eigenvalue weighted by atomic mass is 35.5. The molecule has 1 aromatic carbocycles. The third-order valence-corrected chi connectivity index (χ3v) is 3.29. The van der Waals surface area contributed by atoms with E-state index < -0.39 is 0 Å². The molecule has 6 nitrogen and oxygen atoms in total. The summed E-state index contributed by atoms with van der Waals surface area (Å²) in [5, 5.41) is 11.4. The monoisotopic (exact) mass is 342 g/mol. The molecule has 0 bridgehead atoms. The van der Waals surface area contributed by atoms with E-state index in [1.54, 1.807) is 24.5 Å². The van der Waals surface area contributed by atoms with Crippen molar-refractivity contribution in [1.29, 1.82) is 0 Å². The van der Waals surface area contributed by atoms with Gasteiger partial charge in [-0.3, -0.25) is 4.79 Å². The highest BCUT2D eigenvalue weighted by Crippen LogP contribution is 2.23. The molecule has 0 aliphatic heterocycles. The summed E-state index contributed by atoms with van der Waals surface area (Å²) in [6.07, 6.45) is 1.64. The van der Waals surface area contributed by atoms with Crippen LogP contribution in [0.15, 0.2) is 24.5 Å². The van der Waals surface area contributed by atoms with Crippen LogP contribution in [-0.2, 0) is 11.3 Å². The van der Waals surface area contributed by atoms with Crippen LogP contribution in [0.2, 0.25) is 10.0 Å². The number of carbonyl (C=O) groups excluding carboxylic acids is 1. The average molecular weight is 343 g/mol. The highest BCUT2D eigenvalue weighted by molar-refractivity contribution is 6.34. The van der Waals surface area contributed by atoms with Gasteiger partial charge in [-0.05, 0) is 32.0 Å². The molecule has 8 heteroatoms. The first-order valence-electron chi connectivity index (χ1n) is 6.69. The summed E-state index contributed by atoms with van der Waals surface area (Å²) in [4.78, 5) is 11.8. The van der Waals surface area contributed by atoms with Gasteiger partial charge < -0.3 is 14.6 Å². The minimum absolute atomic E-state index is 0.132. The van der Waals surface area contributed by atoms with Crippen molar-refractivity contribution in [3.05, 3.63) is 40.4 Å². The molecule has 0 spiro atoms. The van der Waals surface area contributed by atoms with Gasteiger partial charge in [0.25, 0.3) is 5.91 Å². The van der Waals surface area contributed by atoms with E-state index in [2.05, 4.69) is 15.5 Å². The van der Waals surface area contributed by atoms with Crippen LogP contribution in [0.5, 0.6) is 5.75 Å². The first kappa shape index (κ1) is 16.6. The summed E-state index contributed by atoms with van der Waals surface area (Å²) in [7, 11) is 0. The second-order valence-corrected chi connectivity index (χ2v) is 5.79. The van der Waals surface area contributed by atoms with Gasteiger partial charge in [-0.1, -0.05) is 23.2 Å². The fraction of sp³-hybridized carbons (Fsp3) is 0.357. The van der Waals surface area contributed by atoms with Crippen LogP contribution in [0.25, 0.3) is 0 Å². The Morgan fingerprint density at radius 1 is 1.32 bits per heavy atom. The van der Waals surface area contributed by atoms with Crippen LogP contribution in [0.4, 0.5) is 0 Å². The van der Waals surface area contributed by atoms with Gasteiger partial charge >= 0.3 is 0 Å². The number of rotatable bonds is 6. The number of halogens is 2. The summed E-state index contributed by atoms with van der Waals surface area (Å²) in [5.74, 6) is 0.863. The Bertz CT molecular complexity index is 638. The maximum atomic E-state index is 11.8. The number of hydrogen-bond acceptors (Lipinski definition) is 4. The van der Waals surface area contributed by atoms with Crippen molar-refractivity contribution >= 4 is 29.1 Å². The molecule has 0 atom stereocenters. The number of aromatic nitrogens is 3. The second kappa shape index (κ2) is 7.47. The van der Waals surface area contributed by atoms with E-state index in [4.69, 9.17) is 27.9 Å². The van der Waals surface area contributed by atoms with Crippen LogP contribution < -0.4 is 10.1 Å². The van der Waals surface area contributed by atoms with Crippen LogP contribution >= 0.6 is 23.2 Å². The van der Waals surface area contributed by atoms with E-state index in [-0.39, 0.29) is 25.1 Å². The van der Waals surface area contributed by atoms with E-state index in [1.807, 2.05) is 18.4 Å². The lowest BCUT2D eigenvalue weighted by Gasteiger charge is -2.11. The van der Waals surface area contributed by atoms with E-state index in [0.717, 1.165) is 0 Å². The van der Waals surface area contributed by atoms with Crippen molar-refractivity contribution in [1.82, 2.24) is 20.1 Å². The van der Waals surface area contributed by atoms with Crippen molar-refractivity contribution in [2.75, 3.05) is 6.61 Å². The van der Waals surface area contributed by atoms with Crippen molar-refractivity contribution in [3.8, 4) is 5.75 Å². The van der Waals surface area contributed by atoms with Gasteiger partial charge in [0.1, 0.15) is 12.1 Å². The molecule has 1 aromatic heterocycles. The van der Waals surface area contributed by atoms with Gasteiger partial charge in [-0.25, -0.2) is 0 Å². The largest absolute Gasteiger partial charge is 0.484 e. The molecular formula is C14H16Cl2N4O2. The molecule has 0 fully saturated rings. The fourth-order valence-electron chi connectivity index (χ4n) is 1.81. The zero-order valence-corrected chi connectivity index (χ0v) is 13.7. The number of carbonyl (C=O) groups is 1. The second-order valence-electron chi connectivity index (χ2n) is 4.92. The molecule has 0 radical (unpaired) electrons. The lowest BCUT2D eigenvalue weighted by atomic mass is 10.3. The summed E-state index contributed by atoms with van der Waals surface area (Å²) in [5.41, 5.74) is 0. The van der Waals surface area contributed by atoms with E-state index in [0.29, 0.717) is 21.6 Å². The van der Waals surface area contributed by atoms with Crippen molar-refractivity contribution in [2.45, 2.75) is 26.4 Å². The third kappa shape index (κ3) is 4.61. The van der Waals surface area contributed by atoms with Crippen molar-refractivity contribution < 1.29 is 9.53 Å². The number of amides is 1. The Labute approximate surface area is 138 Å². The van der Waals surface area contributed by atoms with Crippen molar-refractivity contribution in [2.24, 2.45) is 0 Å². The van der Waals surface area contributed by atoms with Crippen LogP contribution in [0.3, 0.4) is 0 Å². The quantitative estimate of drug-likeness (QED) is 0.876. The first-order chi connectivity index (χ1) is 10.5. The predicted molar refractivity (Wildman–Crippen MR) is 84.2 cm³/mol. The van der Waals surface area contributed by atoms with E-state index in [9.17, 15) is 4.79 Å². The lowest BCUT2D eigenvalue weighted by Crippen LogP contribution is -2.29. The minimum atomic E-state index is -0.269. The van der Waals surface area contributed by atoms with Crippen molar-refractivity contribution in [3.63, 3.8) is 0 Å². The first-order valence-corrected chi connectivity index (χ1v) is 7.45. The molecule has 22 heavy (non-hydrogen) atoms. The Kier molecular flexibility index (Phi) is 5.63. The van der Waals surface area contributed by atoms with E-state index >= 15 is 0 Å². The Hall–Kier alpha value is -1.79. The Morgan fingerprint density at radius 3 is 2.64 bits per heavy atom. The molecule has 0 saturated carbocycles. The predicted octanol–water partition coefficient (Wildman–Crippen LogP) is 2.86. The smallest absolute Gasteiger partial charge is 0.258 e. The SMILES string of the molecule is CC(C)n1cnnc1CNC(=O)COc1cc(Cl)cc(Cl)c1. The minimum Gasteiger partial charge on any atom is -0.484 e. The van der Waals surface area contributed by atoms with Gasteiger partial charge in [0.2, 0.25) is 0 Å². The van der Waals surface area contributed by atoms with Gasteiger partial charge in [0.05, 0.1) is 6.54 Å². The highest BCUT2D eigenvalue weighted by Gasteiger charge is 2.09. The fourth-order valence-corrected chi connectivity index (χ4v) is 2.32. The molecule has 118 valence electrons. The van der Waals surface area contributed by atoms with Gasteiger partial charge in [0, 0.05) is 16.1 Å². The normalized spacial score (nSPS) is 10.8. The summed E-state index contributed by atoms with van der Waals surface area (Å²) in [6.45, 7) is 4.19. The molecule has 1 heterocycles. The standard InChI is InChI=1S/C14H16Cl2N4O2/c1-9(2)20-8-18-19-13(20)6-17-14(21)7-22-12-4-10(15)3-11(16)5-12/h3-5,8-9H,6-7H2,1-2H3,(H,17,21). The van der Waals surface area contributed by atoms with Crippen LogP contribution in [0.1, 0.15) is 25.7 Å². The molecule has 2 aromatic rings. The molecule has 2 rings (SSSR count). The summed E-state index contributed by atoms with van der Waals surface area (Å²) in [6, 6.07) is 5.01.